The predicted octanol–water partition coefficient (Wildman–Crippen LogP) is 4.36. The number of ether oxygens (including phenoxy) is 1. The molecule has 1 N–H and O–H groups in total. The predicted molar refractivity (Wildman–Crippen MR) is 161 cm³/mol. The summed E-state index contributed by atoms with van der Waals surface area (Å²) in [6.07, 6.45) is 1.29. The van der Waals surface area contributed by atoms with Crippen molar-refractivity contribution in [1.29, 1.82) is 0 Å². The number of rotatable bonds is 6. The van der Waals surface area contributed by atoms with Crippen molar-refractivity contribution in [3.8, 4) is 5.75 Å². The molecule has 4 rings (SSSR count). The fraction of sp³-hybridized carbons (Fsp3) is 0.531. The van der Waals surface area contributed by atoms with Crippen molar-refractivity contribution >= 4 is 17.7 Å². The van der Waals surface area contributed by atoms with Crippen molar-refractivity contribution in [2.24, 2.45) is 5.92 Å². The van der Waals surface area contributed by atoms with Crippen molar-refractivity contribution in [2.75, 3.05) is 20.1 Å². The van der Waals surface area contributed by atoms with E-state index >= 15 is 0 Å². The first-order chi connectivity index (χ1) is 20.4. The lowest BCUT2D eigenvalue weighted by Crippen LogP contribution is -2.47. The quantitative estimate of drug-likeness (QED) is 0.451. The number of benzene rings is 1. The number of carbonyl (C=O) groups is 3. The van der Waals surface area contributed by atoms with Crippen LogP contribution in [0.5, 0.6) is 5.75 Å². The first-order valence-corrected chi connectivity index (χ1v) is 15.0. The Morgan fingerprint density at radius 3 is 2.53 bits per heavy atom. The van der Waals surface area contributed by atoms with Gasteiger partial charge in [0.25, 0.3) is 5.91 Å². The van der Waals surface area contributed by atoms with Gasteiger partial charge in [0.1, 0.15) is 35.8 Å². The van der Waals surface area contributed by atoms with Gasteiger partial charge in [-0.15, -0.1) is 0 Å². The minimum Gasteiger partial charge on any atom is -0.489 e. The summed E-state index contributed by atoms with van der Waals surface area (Å²) in [6, 6.07) is 8.47. The van der Waals surface area contributed by atoms with E-state index in [1.807, 2.05) is 45.0 Å². The Morgan fingerprint density at radius 2 is 1.84 bits per heavy atom. The van der Waals surface area contributed by atoms with Gasteiger partial charge in [0.15, 0.2) is 5.76 Å². The molecular formula is C32H44N6O5. The number of aryl methyl sites for hydroxylation is 3. The molecule has 0 bridgehead atoms. The molecule has 0 fully saturated rings. The molecule has 0 aliphatic carbocycles. The first-order valence-electron chi connectivity index (χ1n) is 15.0. The molecule has 232 valence electrons. The lowest BCUT2D eigenvalue weighted by Gasteiger charge is -2.29. The number of nitrogens with zero attached hydrogens (tertiary/aromatic N) is 5. The van der Waals surface area contributed by atoms with Crippen LogP contribution >= 0.6 is 0 Å². The van der Waals surface area contributed by atoms with Crippen LogP contribution in [0.3, 0.4) is 0 Å². The van der Waals surface area contributed by atoms with Gasteiger partial charge in [0.05, 0.1) is 12.6 Å². The maximum Gasteiger partial charge on any atom is 0.289 e. The molecule has 3 amide bonds. The second-order valence-electron chi connectivity index (χ2n) is 11.8. The maximum absolute atomic E-state index is 13.8. The van der Waals surface area contributed by atoms with E-state index in [2.05, 4.69) is 29.2 Å². The summed E-state index contributed by atoms with van der Waals surface area (Å²) >= 11 is 0. The fourth-order valence-electron chi connectivity index (χ4n) is 5.13. The second kappa shape index (κ2) is 13.9. The molecule has 1 aliphatic rings. The van der Waals surface area contributed by atoms with Gasteiger partial charge in [-0.2, -0.15) is 5.10 Å². The van der Waals surface area contributed by atoms with Gasteiger partial charge in [-0.25, -0.2) is 9.67 Å². The first kappa shape index (κ1) is 31.8. The number of carbonyl (C=O) groups excluding carboxylic acids is 3. The summed E-state index contributed by atoms with van der Waals surface area (Å²) in [5, 5.41) is 7.71. The number of hydrogen-bond donors (Lipinski definition) is 1. The molecule has 0 saturated carbocycles. The summed E-state index contributed by atoms with van der Waals surface area (Å²) in [6.45, 7) is 12.8. The lowest BCUT2D eigenvalue weighted by atomic mass is 10.0. The van der Waals surface area contributed by atoms with Gasteiger partial charge in [-0.1, -0.05) is 31.5 Å². The Kier molecular flexibility index (Phi) is 10.3. The molecule has 43 heavy (non-hydrogen) atoms. The zero-order valence-electron chi connectivity index (χ0n) is 26.3. The molecule has 2 atom stereocenters. The van der Waals surface area contributed by atoms with Crippen LogP contribution < -0.4 is 10.1 Å². The molecule has 0 unspecified atom stereocenters. The Bertz CT molecular complexity index is 1430. The number of aromatic nitrogens is 3. The van der Waals surface area contributed by atoms with Gasteiger partial charge in [0, 0.05) is 32.1 Å². The number of likely N-dealkylation sites (N-methyl/N-ethyl adjacent to an activating group) is 1. The Hall–Kier alpha value is -4.15. The summed E-state index contributed by atoms with van der Waals surface area (Å²) in [5.41, 5.74) is 1.94. The number of fused-ring (bicyclic) bond motifs is 1. The largest absolute Gasteiger partial charge is 0.489 e. The summed E-state index contributed by atoms with van der Waals surface area (Å²) in [7, 11) is 1.64. The summed E-state index contributed by atoms with van der Waals surface area (Å²) in [5.74, 6) is 2.40. The monoisotopic (exact) mass is 592 g/mol. The van der Waals surface area contributed by atoms with Gasteiger partial charge >= 0.3 is 0 Å². The number of hydrogen-bond acceptors (Lipinski definition) is 7. The number of amides is 3. The van der Waals surface area contributed by atoms with E-state index < -0.39 is 12.1 Å². The molecule has 0 radical (unpaired) electrons. The van der Waals surface area contributed by atoms with Crippen LogP contribution in [0.4, 0.5) is 0 Å². The highest BCUT2D eigenvalue weighted by atomic mass is 16.5. The molecular weight excluding hydrogens is 548 g/mol. The minimum absolute atomic E-state index is 0.157. The van der Waals surface area contributed by atoms with Crippen molar-refractivity contribution in [1.82, 2.24) is 29.9 Å². The average Bonchev–Trinajstić information content (AvgIpc) is 3.53. The van der Waals surface area contributed by atoms with Crippen molar-refractivity contribution < 1.29 is 23.5 Å². The van der Waals surface area contributed by atoms with Crippen LogP contribution in [0.1, 0.15) is 85.2 Å². The van der Waals surface area contributed by atoms with Crippen LogP contribution in [-0.4, -0.2) is 68.5 Å². The third-order valence-corrected chi connectivity index (χ3v) is 7.83. The molecule has 11 heteroatoms. The highest BCUT2D eigenvalue weighted by Crippen LogP contribution is 2.23. The fourth-order valence-corrected chi connectivity index (χ4v) is 5.13. The van der Waals surface area contributed by atoms with Gasteiger partial charge in [-0.05, 0) is 64.7 Å². The zero-order chi connectivity index (χ0) is 31.3. The maximum atomic E-state index is 13.8. The van der Waals surface area contributed by atoms with Crippen LogP contribution in [0.25, 0.3) is 0 Å². The van der Waals surface area contributed by atoms with Crippen LogP contribution in [0.15, 0.2) is 34.7 Å². The van der Waals surface area contributed by atoms with Crippen LogP contribution in [-0.2, 0) is 22.7 Å². The third-order valence-electron chi connectivity index (χ3n) is 7.83. The molecule has 0 saturated heterocycles. The molecule has 3 aromatic rings. The Balaban J connectivity index is 1.58. The van der Waals surface area contributed by atoms with Gasteiger partial charge in [0.2, 0.25) is 11.8 Å². The van der Waals surface area contributed by atoms with E-state index in [1.165, 1.54) is 4.90 Å². The van der Waals surface area contributed by atoms with Crippen molar-refractivity contribution in [2.45, 2.75) is 86.0 Å². The third kappa shape index (κ3) is 8.03. The standard InChI is InChI=1S/C32H44N6O5/c1-20(2)17-27-30-33-24(6)35-38(30)16-15-37(14-8-9-29(39)36(7)22(4)31(40)34-27)32(41)28-18-25(23(5)43-28)19-42-26-12-10-21(3)11-13-26/h10-13,18,20,22,27H,8-9,14-17,19H2,1-7H3,(H,34,40)/t22-,27+/m0/s1. The minimum atomic E-state index is -0.660. The van der Waals surface area contributed by atoms with Crippen LogP contribution in [0.2, 0.25) is 0 Å². The molecule has 0 spiro atoms. The van der Waals surface area contributed by atoms with E-state index in [4.69, 9.17) is 9.15 Å². The average molecular weight is 593 g/mol. The van der Waals surface area contributed by atoms with E-state index in [0.29, 0.717) is 49.9 Å². The summed E-state index contributed by atoms with van der Waals surface area (Å²) in [4.78, 5) is 47.8. The van der Waals surface area contributed by atoms with Gasteiger partial charge < -0.3 is 24.3 Å². The van der Waals surface area contributed by atoms with E-state index in [1.54, 1.807) is 29.6 Å². The second-order valence-corrected chi connectivity index (χ2v) is 11.8. The van der Waals surface area contributed by atoms with Crippen LogP contribution in [0, 0.1) is 26.7 Å². The Labute approximate surface area is 253 Å². The smallest absolute Gasteiger partial charge is 0.289 e. The summed E-state index contributed by atoms with van der Waals surface area (Å²) < 4.78 is 13.6. The molecule has 3 heterocycles. The normalized spacial score (nSPS) is 18.8. The van der Waals surface area contributed by atoms with Crippen molar-refractivity contribution in [3.05, 3.63) is 64.6 Å². The molecule has 1 aliphatic heterocycles. The van der Waals surface area contributed by atoms with E-state index in [0.717, 1.165) is 16.9 Å². The van der Waals surface area contributed by atoms with Crippen molar-refractivity contribution in [3.63, 3.8) is 0 Å². The van der Waals surface area contributed by atoms with E-state index in [9.17, 15) is 14.4 Å². The van der Waals surface area contributed by atoms with Gasteiger partial charge in [-0.3, -0.25) is 14.4 Å². The number of furan rings is 1. The highest BCUT2D eigenvalue weighted by Gasteiger charge is 2.29. The van der Waals surface area contributed by atoms with E-state index in [-0.39, 0.29) is 42.4 Å². The molecule has 11 nitrogen and oxygen atoms in total. The molecule has 1 aromatic carbocycles. The Morgan fingerprint density at radius 1 is 1.12 bits per heavy atom. The number of nitrogens with one attached hydrogen (secondary N) is 1. The lowest BCUT2D eigenvalue weighted by molar-refractivity contribution is -0.138. The SMILES string of the molecule is Cc1ccc(OCc2cc(C(=O)N3CCCC(=O)N(C)[C@@H](C)C(=O)N[C@H](CC(C)C)c4nc(C)nn4CC3)oc2C)cc1. The topological polar surface area (TPSA) is 123 Å². The zero-order valence-corrected chi connectivity index (χ0v) is 26.3. The highest BCUT2D eigenvalue weighted by molar-refractivity contribution is 5.92. The molecule has 2 aromatic heterocycles.